The minimum Gasteiger partial charge on any atom is -0.471 e. The molecule has 1 unspecified atom stereocenters. The van der Waals surface area contributed by atoms with Gasteiger partial charge in [-0.2, -0.15) is 0 Å². The van der Waals surface area contributed by atoms with Gasteiger partial charge >= 0.3 is 0 Å². The summed E-state index contributed by atoms with van der Waals surface area (Å²) >= 11 is 0. The molecule has 164 valence electrons. The van der Waals surface area contributed by atoms with Crippen molar-refractivity contribution in [2.24, 2.45) is 5.92 Å². The molecule has 9 heteroatoms. The van der Waals surface area contributed by atoms with E-state index in [-0.39, 0.29) is 35.6 Å². The Morgan fingerprint density at radius 2 is 1.97 bits per heavy atom. The molecule has 7 nitrogen and oxygen atoms in total. The summed E-state index contributed by atoms with van der Waals surface area (Å²) in [7, 11) is 0. The maximum Gasteiger partial charge on any atom is 0.272 e. The van der Waals surface area contributed by atoms with Crippen LogP contribution in [0.3, 0.4) is 0 Å². The van der Waals surface area contributed by atoms with Crippen LogP contribution in [-0.2, 0) is 4.79 Å². The first-order chi connectivity index (χ1) is 14.9. The van der Waals surface area contributed by atoms with Crippen molar-refractivity contribution in [3.63, 3.8) is 0 Å². The van der Waals surface area contributed by atoms with Gasteiger partial charge in [-0.25, -0.2) is 18.7 Å². The quantitative estimate of drug-likeness (QED) is 0.631. The number of hydrogen-bond acceptors (Lipinski definition) is 5. The fraction of sp³-hybridized carbons (Fsp3) is 0.455. The second-order valence-electron chi connectivity index (χ2n) is 8.03. The number of nitrogens with one attached hydrogen (secondary N) is 2. The minimum atomic E-state index is -2.56. The average Bonchev–Trinajstić information content (AvgIpc) is 3.64. The average molecular weight is 430 g/mol. The lowest BCUT2D eigenvalue weighted by molar-refractivity contribution is -0.117. The van der Waals surface area contributed by atoms with Gasteiger partial charge in [-0.15, -0.1) is 0 Å². The minimum absolute atomic E-state index is 0.0418. The van der Waals surface area contributed by atoms with E-state index in [4.69, 9.17) is 4.74 Å². The largest absolute Gasteiger partial charge is 0.471 e. The number of alkyl halides is 2. The topological polar surface area (TPSA) is 93.2 Å². The third kappa shape index (κ3) is 5.53. The van der Waals surface area contributed by atoms with Crippen LogP contribution in [0.15, 0.2) is 30.6 Å². The molecule has 2 aliphatic carbocycles. The monoisotopic (exact) mass is 430 g/mol. The van der Waals surface area contributed by atoms with Crippen molar-refractivity contribution in [2.45, 2.75) is 51.0 Å². The Balaban J connectivity index is 1.42. The number of carbonyl (C=O) groups excluding carboxylic acids is 2. The van der Waals surface area contributed by atoms with Crippen LogP contribution in [0.1, 0.15) is 66.1 Å². The van der Waals surface area contributed by atoms with E-state index >= 15 is 0 Å². The van der Waals surface area contributed by atoms with E-state index in [0.29, 0.717) is 11.4 Å². The molecule has 2 aliphatic rings. The van der Waals surface area contributed by atoms with Crippen LogP contribution in [0, 0.1) is 5.92 Å². The molecule has 2 fully saturated rings. The molecule has 0 aliphatic heterocycles. The summed E-state index contributed by atoms with van der Waals surface area (Å²) in [4.78, 5) is 32.9. The van der Waals surface area contributed by atoms with Gasteiger partial charge in [0.15, 0.2) is 6.61 Å². The van der Waals surface area contributed by atoms with Crippen molar-refractivity contribution in [2.75, 3.05) is 11.9 Å². The molecule has 0 radical (unpaired) electrons. The lowest BCUT2D eigenvalue weighted by atomic mass is 10.1. The fourth-order valence-electron chi connectivity index (χ4n) is 3.25. The van der Waals surface area contributed by atoms with Crippen LogP contribution < -0.4 is 15.4 Å². The van der Waals surface area contributed by atoms with Crippen LogP contribution in [0.4, 0.5) is 14.6 Å². The van der Waals surface area contributed by atoms with Gasteiger partial charge in [0, 0.05) is 29.4 Å². The smallest absolute Gasteiger partial charge is 0.272 e. The number of amides is 2. The van der Waals surface area contributed by atoms with E-state index in [0.717, 1.165) is 36.8 Å². The first-order valence-corrected chi connectivity index (χ1v) is 10.4. The first-order valence-electron chi connectivity index (χ1n) is 10.4. The maximum atomic E-state index is 12.7. The molecular weight excluding hydrogens is 406 g/mol. The van der Waals surface area contributed by atoms with Crippen LogP contribution in [0.25, 0.3) is 0 Å². The van der Waals surface area contributed by atoms with E-state index in [1.165, 1.54) is 18.5 Å². The standard InChI is InChI=1S/C22H24F2N4O3/c1-12(16-8-17(13-2-3-13)22(26-10-16)31-11-18(23)24)27-21(30)15-6-7-25-19(9-15)28-20(29)14-4-5-14/h6-10,12-14,18H,2-5,11H2,1H3,(H,27,30)(H,25,28,29). The summed E-state index contributed by atoms with van der Waals surface area (Å²) in [6.45, 7) is 1.13. The number of halogens is 2. The van der Waals surface area contributed by atoms with E-state index in [1.807, 2.05) is 13.0 Å². The van der Waals surface area contributed by atoms with Gasteiger partial charge in [0.2, 0.25) is 11.8 Å². The van der Waals surface area contributed by atoms with Gasteiger partial charge in [0.05, 0.1) is 6.04 Å². The van der Waals surface area contributed by atoms with Gasteiger partial charge < -0.3 is 15.4 Å². The molecular formula is C22H24F2N4O3. The molecule has 31 heavy (non-hydrogen) atoms. The van der Waals surface area contributed by atoms with E-state index in [1.54, 1.807) is 6.07 Å². The summed E-state index contributed by atoms with van der Waals surface area (Å²) in [6.07, 6.45) is 4.13. The van der Waals surface area contributed by atoms with Gasteiger partial charge in [-0.1, -0.05) is 0 Å². The summed E-state index contributed by atoms with van der Waals surface area (Å²) in [5.41, 5.74) is 1.93. The highest BCUT2D eigenvalue weighted by molar-refractivity contribution is 5.97. The molecule has 2 heterocycles. The SMILES string of the molecule is CC(NC(=O)c1ccnc(NC(=O)C2CC2)c1)c1cnc(OCC(F)F)c(C2CC2)c1. The lowest BCUT2D eigenvalue weighted by Gasteiger charge is -2.17. The van der Waals surface area contributed by atoms with E-state index in [2.05, 4.69) is 20.6 Å². The first kappa shape index (κ1) is 21.1. The van der Waals surface area contributed by atoms with Gasteiger partial charge in [-0.3, -0.25) is 9.59 Å². The highest BCUT2D eigenvalue weighted by Gasteiger charge is 2.30. The summed E-state index contributed by atoms with van der Waals surface area (Å²) in [5.74, 6) is 0.473. The van der Waals surface area contributed by atoms with Crippen molar-refractivity contribution < 1.29 is 23.1 Å². The Hall–Kier alpha value is -3.10. The van der Waals surface area contributed by atoms with Crippen molar-refractivity contribution in [1.82, 2.24) is 15.3 Å². The molecule has 0 saturated heterocycles. The van der Waals surface area contributed by atoms with Gasteiger partial charge in [0.25, 0.3) is 12.3 Å². The maximum absolute atomic E-state index is 12.7. The number of anilines is 1. The predicted molar refractivity (Wildman–Crippen MR) is 109 cm³/mol. The Labute approximate surface area is 178 Å². The zero-order chi connectivity index (χ0) is 22.0. The van der Waals surface area contributed by atoms with Gasteiger partial charge in [-0.05, 0) is 62.3 Å². The van der Waals surface area contributed by atoms with Crippen LogP contribution in [0.5, 0.6) is 5.88 Å². The third-order valence-electron chi connectivity index (χ3n) is 5.33. The summed E-state index contributed by atoms with van der Waals surface area (Å²) in [6, 6.07) is 4.62. The Bertz CT molecular complexity index is 977. The molecule has 2 amide bonds. The normalized spacial score (nSPS) is 16.6. The summed E-state index contributed by atoms with van der Waals surface area (Å²) < 4.78 is 30.1. The molecule has 2 saturated carbocycles. The highest BCUT2D eigenvalue weighted by atomic mass is 19.3. The predicted octanol–water partition coefficient (Wildman–Crippen LogP) is 3.84. The van der Waals surface area contributed by atoms with Crippen molar-refractivity contribution in [3.8, 4) is 5.88 Å². The van der Waals surface area contributed by atoms with E-state index in [9.17, 15) is 18.4 Å². The summed E-state index contributed by atoms with van der Waals surface area (Å²) in [5, 5.41) is 5.63. The number of nitrogens with zero attached hydrogens (tertiary/aromatic N) is 2. The number of carbonyl (C=O) groups is 2. The van der Waals surface area contributed by atoms with Crippen LogP contribution in [0.2, 0.25) is 0 Å². The van der Waals surface area contributed by atoms with Crippen molar-refractivity contribution >= 4 is 17.6 Å². The molecule has 2 aromatic rings. The molecule has 4 rings (SSSR count). The zero-order valence-electron chi connectivity index (χ0n) is 17.1. The number of rotatable bonds is 9. The van der Waals surface area contributed by atoms with Crippen LogP contribution in [-0.4, -0.2) is 34.8 Å². The molecule has 1 atom stereocenters. The fourth-order valence-corrected chi connectivity index (χ4v) is 3.25. The number of pyridine rings is 2. The third-order valence-corrected chi connectivity index (χ3v) is 5.33. The number of hydrogen-bond donors (Lipinski definition) is 2. The molecule has 2 N–H and O–H groups in total. The van der Waals surface area contributed by atoms with Crippen LogP contribution >= 0.6 is 0 Å². The highest BCUT2D eigenvalue weighted by Crippen LogP contribution is 2.44. The van der Waals surface area contributed by atoms with E-state index < -0.39 is 13.0 Å². The zero-order valence-corrected chi connectivity index (χ0v) is 17.1. The number of aromatic nitrogens is 2. The second kappa shape index (κ2) is 8.95. The molecule has 0 bridgehead atoms. The molecule has 2 aromatic heterocycles. The number of ether oxygens (including phenoxy) is 1. The Kier molecular flexibility index (Phi) is 6.11. The lowest BCUT2D eigenvalue weighted by Crippen LogP contribution is -2.27. The second-order valence-corrected chi connectivity index (χ2v) is 8.03. The van der Waals surface area contributed by atoms with Gasteiger partial charge in [0.1, 0.15) is 5.82 Å². The molecule has 0 spiro atoms. The molecule has 0 aromatic carbocycles. The van der Waals surface area contributed by atoms with Crippen molar-refractivity contribution in [3.05, 3.63) is 47.3 Å². The Morgan fingerprint density at radius 1 is 1.19 bits per heavy atom. The Morgan fingerprint density at radius 3 is 2.65 bits per heavy atom. The van der Waals surface area contributed by atoms with Crippen molar-refractivity contribution in [1.29, 1.82) is 0 Å².